The molecule has 0 heterocycles. The van der Waals surface area contributed by atoms with E-state index in [0.717, 1.165) is 36.8 Å². The van der Waals surface area contributed by atoms with E-state index in [1.54, 1.807) is 0 Å². The normalized spacial score (nSPS) is 12.7. The van der Waals surface area contributed by atoms with Crippen molar-refractivity contribution in [2.45, 2.75) is 50.6 Å². The van der Waals surface area contributed by atoms with Gasteiger partial charge in [-0.15, -0.1) is 0 Å². The van der Waals surface area contributed by atoms with Crippen molar-refractivity contribution < 1.29 is 9.59 Å². The van der Waals surface area contributed by atoms with Crippen molar-refractivity contribution in [1.29, 1.82) is 0 Å². The highest BCUT2D eigenvalue weighted by Gasteiger charge is 2.14. The summed E-state index contributed by atoms with van der Waals surface area (Å²) in [6.45, 7) is 1.24. The Balaban J connectivity index is 1.47. The molecule has 0 aromatic heterocycles. The number of nitrogens with one attached hydrogen (secondary N) is 2. The molecule has 6 N–H and O–H groups in total. The third kappa shape index (κ3) is 9.20. The molecule has 0 fully saturated rings. The SMILES string of the molecule is N[C@@H](Cc1ccccc1)C(=O)NCCCCCCNC(=O)[C@@H](N)Cc1ccccc1. The number of amides is 2. The highest BCUT2D eigenvalue weighted by atomic mass is 16.2. The van der Waals surface area contributed by atoms with Gasteiger partial charge >= 0.3 is 0 Å². The second-order valence-corrected chi connectivity index (χ2v) is 7.59. The first-order valence-electron chi connectivity index (χ1n) is 10.7. The molecule has 0 saturated carbocycles. The van der Waals surface area contributed by atoms with Crippen LogP contribution in [0, 0.1) is 0 Å². The molecule has 6 nitrogen and oxygen atoms in total. The standard InChI is InChI=1S/C24H34N4O2/c25-21(17-19-11-5-3-6-12-19)23(29)27-15-9-1-2-10-16-28-24(30)22(26)18-20-13-7-4-8-14-20/h3-8,11-14,21-22H,1-2,9-10,15-18,25-26H2,(H,27,29)(H,28,30)/t21-,22-/m0/s1. The fourth-order valence-electron chi connectivity index (χ4n) is 3.21. The van der Waals surface area contributed by atoms with Crippen molar-refractivity contribution in [2.24, 2.45) is 11.5 Å². The van der Waals surface area contributed by atoms with E-state index >= 15 is 0 Å². The van der Waals surface area contributed by atoms with Gasteiger partial charge in [-0.1, -0.05) is 73.5 Å². The Morgan fingerprint density at radius 1 is 0.633 bits per heavy atom. The fraction of sp³-hybridized carbons (Fsp3) is 0.417. The maximum atomic E-state index is 12.1. The zero-order valence-electron chi connectivity index (χ0n) is 17.6. The second-order valence-electron chi connectivity index (χ2n) is 7.59. The molecule has 0 spiro atoms. The summed E-state index contributed by atoms with van der Waals surface area (Å²) in [5, 5.41) is 5.80. The highest BCUT2D eigenvalue weighted by molar-refractivity contribution is 5.82. The molecule has 162 valence electrons. The molecule has 2 amide bonds. The second kappa shape index (κ2) is 13.5. The average Bonchev–Trinajstić information content (AvgIpc) is 2.76. The molecule has 2 aromatic carbocycles. The van der Waals surface area contributed by atoms with Gasteiger partial charge in [0.1, 0.15) is 0 Å². The van der Waals surface area contributed by atoms with Crippen LogP contribution in [0.2, 0.25) is 0 Å². The lowest BCUT2D eigenvalue weighted by Crippen LogP contribution is -2.42. The Labute approximate surface area is 179 Å². The van der Waals surface area contributed by atoms with Crippen molar-refractivity contribution in [1.82, 2.24) is 10.6 Å². The molecule has 6 heteroatoms. The van der Waals surface area contributed by atoms with Gasteiger partial charge in [0.15, 0.2) is 0 Å². The quantitative estimate of drug-likeness (QED) is 0.378. The van der Waals surface area contributed by atoms with Crippen LogP contribution in [0.15, 0.2) is 60.7 Å². The van der Waals surface area contributed by atoms with Gasteiger partial charge in [-0.25, -0.2) is 0 Å². The minimum absolute atomic E-state index is 0.112. The third-order valence-electron chi connectivity index (χ3n) is 4.97. The van der Waals surface area contributed by atoms with Crippen molar-refractivity contribution in [3.63, 3.8) is 0 Å². The smallest absolute Gasteiger partial charge is 0.237 e. The Kier molecular flexibility index (Phi) is 10.6. The van der Waals surface area contributed by atoms with Gasteiger partial charge in [0, 0.05) is 13.1 Å². The molecule has 2 rings (SSSR count). The van der Waals surface area contributed by atoms with Crippen LogP contribution in [0.5, 0.6) is 0 Å². The number of hydrogen-bond donors (Lipinski definition) is 4. The predicted molar refractivity (Wildman–Crippen MR) is 121 cm³/mol. The Morgan fingerprint density at radius 2 is 1.00 bits per heavy atom. The van der Waals surface area contributed by atoms with Crippen molar-refractivity contribution in [2.75, 3.05) is 13.1 Å². The molecule has 0 unspecified atom stereocenters. The topological polar surface area (TPSA) is 110 Å². The number of rotatable bonds is 13. The molecule has 30 heavy (non-hydrogen) atoms. The maximum Gasteiger partial charge on any atom is 0.237 e. The van der Waals surface area contributed by atoms with Crippen LogP contribution >= 0.6 is 0 Å². The van der Waals surface area contributed by atoms with Gasteiger partial charge in [-0.3, -0.25) is 9.59 Å². The lowest BCUT2D eigenvalue weighted by molar-refractivity contribution is -0.123. The van der Waals surface area contributed by atoms with E-state index < -0.39 is 12.1 Å². The molecule has 0 aliphatic heterocycles. The first-order valence-corrected chi connectivity index (χ1v) is 10.7. The van der Waals surface area contributed by atoms with Crippen LogP contribution in [0.1, 0.15) is 36.8 Å². The molecule has 2 aromatic rings. The lowest BCUT2D eigenvalue weighted by atomic mass is 10.1. The largest absolute Gasteiger partial charge is 0.355 e. The molecule has 0 radical (unpaired) electrons. The van der Waals surface area contributed by atoms with Crippen LogP contribution in [-0.2, 0) is 22.4 Å². The van der Waals surface area contributed by atoms with Gasteiger partial charge in [0.25, 0.3) is 0 Å². The summed E-state index contributed by atoms with van der Waals surface area (Å²) in [4.78, 5) is 24.1. The zero-order valence-corrected chi connectivity index (χ0v) is 17.6. The molecule has 0 bridgehead atoms. The molecule has 2 atom stereocenters. The van der Waals surface area contributed by atoms with Gasteiger partial charge in [-0.2, -0.15) is 0 Å². The van der Waals surface area contributed by atoms with Crippen molar-refractivity contribution in [3.8, 4) is 0 Å². The molecular formula is C24H34N4O2. The van der Waals surface area contributed by atoms with E-state index in [4.69, 9.17) is 11.5 Å². The number of carbonyl (C=O) groups excluding carboxylic acids is 2. The van der Waals surface area contributed by atoms with Gasteiger partial charge in [-0.05, 0) is 36.8 Å². The summed E-state index contributed by atoms with van der Waals surface area (Å²) >= 11 is 0. The maximum absolute atomic E-state index is 12.1. The van der Waals surface area contributed by atoms with Crippen molar-refractivity contribution in [3.05, 3.63) is 71.8 Å². The van der Waals surface area contributed by atoms with E-state index in [1.807, 2.05) is 60.7 Å². The minimum Gasteiger partial charge on any atom is -0.355 e. The van der Waals surface area contributed by atoms with E-state index in [1.165, 1.54) is 0 Å². The number of unbranched alkanes of at least 4 members (excludes halogenated alkanes) is 3. The van der Waals surface area contributed by atoms with E-state index in [2.05, 4.69) is 10.6 Å². The van der Waals surface area contributed by atoms with Gasteiger partial charge in [0.05, 0.1) is 12.1 Å². The Morgan fingerprint density at radius 3 is 1.37 bits per heavy atom. The average molecular weight is 411 g/mol. The van der Waals surface area contributed by atoms with Crippen LogP contribution in [0.4, 0.5) is 0 Å². The predicted octanol–water partition coefficient (Wildman–Crippen LogP) is 1.92. The summed E-state index contributed by atoms with van der Waals surface area (Å²) in [7, 11) is 0. The van der Waals surface area contributed by atoms with Gasteiger partial charge < -0.3 is 22.1 Å². The highest BCUT2D eigenvalue weighted by Crippen LogP contribution is 2.04. The minimum atomic E-state index is -0.525. The van der Waals surface area contributed by atoms with Crippen LogP contribution in [0.25, 0.3) is 0 Å². The van der Waals surface area contributed by atoms with Crippen LogP contribution in [-0.4, -0.2) is 37.0 Å². The summed E-state index contributed by atoms with van der Waals surface area (Å²) in [6.07, 6.45) is 4.84. The summed E-state index contributed by atoms with van der Waals surface area (Å²) in [5.74, 6) is -0.225. The third-order valence-corrected chi connectivity index (χ3v) is 4.97. The van der Waals surface area contributed by atoms with E-state index in [0.29, 0.717) is 25.9 Å². The Bertz CT molecular complexity index is 687. The van der Waals surface area contributed by atoms with Gasteiger partial charge in [0.2, 0.25) is 11.8 Å². The number of carbonyl (C=O) groups is 2. The lowest BCUT2D eigenvalue weighted by Gasteiger charge is -2.13. The van der Waals surface area contributed by atoms with Crippen LogP contribution < -0.4 is 22.1 Å². The van der Waals surface area contributed by atoms with Crippen LogP contribution in [0.3, 0.4) is 0 Å². The summed E-state index contributed by atoms with van der Waals surface area (Å²) in [5.41, 5.74) is 14.1. The zero-order chi connectivity index (χ0) is 21.6. The number of nitrogens with two attached hydrogens (primary N) is 2. The summed E-state index contributed by atoms with van der Waals surface area (Å²) < 4.78 is 0. The Hall–Kier alpha value is -2.70. The first-order chi connectivity index (χ1) is 14.6. The monoisotopic (exact) mass is 410 g/mol. The van der Waals surface area contributed by atoms with Crippen molar-refractivity contribution >= 4 is 11.8 Å². The fourth-order valence-corrected chi connectivity index (χ4v) is 3.21. The van der Waals surface area contributed by atoms with E-state index in [-0.39, 0.29) is 11.8 Å². The first kappa shape index (κ1) is 23.6. The molecular weight excluding hydrogens is 376 g/mol. The molecule has 0 aliphatic rings. The molecule has 0 aliphatic carbocycles. The molecule has 0 saturated heterocycles. The summed E-state index contributed by atoms with van der Waals surface area (Å²) in [6, 6.07) is 18.5. The number of benzene rings is 2. The van der Waals surface area contributed by atoms with E-state index in [9.17, 15) is 9.59 Å². The number of hydrogen-bond acceptors (Lipinski definition) is 4.